The Morgan fingerprint density at radius 1 is 0.299 bits per heavy atom. The van der Waals surface area contributed by atoms with E-state index in [1.807, 2.05) is 145 Å². The van der Waals surface area contributed by atoms with Crippen LogP contribution < -0.4 is 45.9 Å². The molecule has 0 radical (unpaired) electrons. The van der Waals surface area contributed by atoms with Gasteiger partial charge in [0.2, 0.25) is 23.5 Å². The van der Waals surface area contributed by atoms with Crippen molar-refractivity contribution in [2.24, 2.45) is 0 Å². The van der Waals surface area contributed by atoms with E-state index >= 15 is 0 Å². The summed E-state index contributed by atoms with van der Waals surface area (Å²) in [5.41, 5.74) is 47.4. The zero-order valence-corrected chi connectivity index (χ0v) is 72.2. The molecule has 38 heteroatoms. The predicted octanol–water partition coefficient (Wildman–Crippen LogP) is 14.4. The van der Waals surface area contributed by atoms with E-state index in [0.717, 1.165) is 22.6 Å². The molecule has 0 aliphatic rings. The van der Waals surface area contributed by atoms with Crippen LogP contribution in [-0.2, 0) is 28.4 Å². The van der Waals surface area contributed by atoms with E-state index in [1.54, 1.807) is 85.3 Å². The molecule has 0 fully saturated rings. The highest BCUT2D eigenvalue weighted by Crippen LogP contribution is 2.05. The molecule has 16 N–H and O–H groups in total. The zero-order valence-electron chi connectivity index (χ0n) is 72.2. The van der Waals surface area contributed by atoms with Gasteiger partial charge >= 0.3 is 35.8 Å². The first-order chi connectivity index (χ1) is 54.8. The molecule has 38 nitrogen and oxygen atoms in total. The summed E-state index contributed by atoms with van der Waals surface area (Å²) in [6.45, 7) is 55.8. The van der Waals surface area contributed by atoms with Crippen molar-refractivity contribution in [3.8, 4) is 0 Å². The van der Waals surface area contributed by atoms with Gasteiger partial charge in [-0.1, -0.05) is 147 Å². The molecule has 0 aliphatic carbocycles. The molecule has 9 rings (SSSR count). The molecule has 0 amide bonds. The lowest BCUT2D eigenvalue weighted by molar-refractivity contribution is 0.0502. The lowest BCUT2D eigenvalue weighted by Gasteiger charge is -1.99. The number of ether oxygens (including phenoxy) is 6. The number of carbonyl (C=O) groups excluding carboxylic acids is 6. The molecule has 0 aliphatic heterocycles. The van der Waals surface area contributed by atoms with Crippen LogP contribution in [0.5, 0.6) is 0 Å². The zero-order chi connectivity index (χ0) is 89.8. The molecule has 0 aromatic carbocycles. The number of nitrogen functional groups attached to an aromatic ring is 8. The second kappa shape index (κ2) is 93.5. The molecule has 0 spiro atoms. The van der Waals surface area contributed by atoms with Crippen LogP contribution >= 0.6 is 0 Å². The van der Waals surface area contributed by atoms with Crippen molar-refractivity contribution >= 4 is 82.4 Å². The van der Waals surface area contributed by atoms with Crippen LogP contribution in [0.2, 0.25) is 0 Å². The molecule has 0 saturated heterocycles. The second-order valence-electron chi connectivity index (χ2n) is 17.4. The van der Waals surface area contributed by atoms with Crippen molar-refractivity contribution in [2.45, 2.75) is 216 Å². The number of carbonyl (C=O) groups is 6. The highest BCUT2D eigenvalue weighted by molar-refractivity contribution is 5.89. The second-order valence-corrected chi connectivity index (χ2v) is 17.4. The number of rotatable bonds is 12. The maximum absolute atomic E-state index is 11.0. The first-order valence-corrected chi connectivity index (χ1v) is 37.2. The molecular weight excluding hydrogens is 1510 g/mol. The Labute approximate surface area is 696 Å². The van der Waals surface area contributed by atoms with Crippen LogP contribution in [0.15, 0.2) is 111 Å². The van der Waals surface area contributed by atoms with E-state index in [2.05, 4.69) is 109 Å². The third-order valence-corrected chi connectivity index (χ3v) is 9.45. The van der Waals surface area contributed by atoms with Gasteiger partial charge in [0, 0.05) is 42.4 Å². The van der Waals surface area contributed by atoms with Gasteiger partial charge in [0.15, 0.2) is 17.1 Å². The standard InChI is InChI=1S/C8H10N2O2.5C7H9N3O2.3C5H7N3.9C2H6.3CH4/c1-3-12-8(11)7-9-5-4-6(2)10-7;1-2-12-7(11)5-3-10-6(8)4-9-5;1-2-12-7(11)6-9-3-5(8)4-10-6;1-2-12-6(11)5-3-9-7(8)10-4-5;1-2-12-7(11)6-3-5(8)4-9-10-6;1-2-12-7(11)5-3-4-6(8)10-9-5;1-4-2-7-3-5(6)8-4;1-4-2-5(6)8-7-3-4;1-4-2-3-7-5(6)8-4;9*1-2;;;/h4-5H,3H2,1-2H3;3-4H,2H2,1H3,(H2,8,10);3-4H,2,8H2,1H3;3-4H,2H2,1H3,(H2,8,9,10);2*3-4H,2H2,1H3,(H2,8,10);2*2-3H,1H3,(H2,6,8);2-3H,1H3,(H2,6,7,8);9*1-2H3;3*1H4. The van der Waals surface area contributed by atoms with Gasteiger partial charge in [-0.3, -0.25) is 4.98 Å². The Kier molecular flexibility index (Phi) is 104. The fourth-order valence-corrected chi connectivity index (χ4v) is 5.47. The number of hydrogen-bond donors (Lipinski definition) is 8. The molecule has 9 aromatic heterocycles. The summed E-state index contributed by atoms with van der Waals surface area (Å²) in [6, 6.07) is 9.69. The molecule has 0 saturated carbocycles. The monoisotopic (exact) mass is 1650 g/mol. The van der Waals surface area contributed by atoms with Gasteiger partial charge in [0.25, 0.3) is 0 Å². The average Bonchev–Trinajstić information content (AvgIpc) is 0.911. The van der Waals surface area contributed by atoms with Crippen molar-refractivity contribution in [1.82, 2.24) is 90.4 Å². The van der Waals surface area contributed by atoms with Crippen molar-refractivity contribution in [1.29, 1.82) is 0 Å². The van der Waals surface area contributed by atoms with Crippen LogP contribution in [0, 0.1) is 27.7 Å². The maximum Gasteiger partial charge on any atom is 0.376 e. The van der Waals surface area contributed by atoms with Crippen LogP contribution in [0.1, 0.15) is 274 Å². The average molecular weight is 1650 g/mol. The van der Waals surface area contributed by atoms with Crippen molar-refractivity contribution in [3.05, 3.63) is 168 Å². The van der Waals surface area contributed by atoms with E-state index in [1.165, 1.54) is 74.0 Å². The minimum absolute atomic E-state index is 0. The van der Waals surface area contributed by atoms with Gasteiger partial charge in [-0.15, -0.1) is 20.4 Å². The third kappa shape index (κ3) is 74.1. The number of nitrogens with two attached hydrogens (primary N) is 8. The Balaban J connectivity index is -0.000000103. The lowest BCUT2D eigenvalue weighted by atomic mass is 10.3. The number of esters is 6. The highest BCUT2D eigenvalue weighted by Gasteiger charge is 2.12. The Bertz CT molecular complexity index is 3320. The van der Waals surface area contributed by atoms with Gasteiger partial charge in [-0.25, -0.2) is 83.6 Å². The van der Waals surface area contributed by atoms with E-state index in [9.17, 15) is 28.8 Å². The summed E-state index contributed by atoms with van der Waals surface area (Å²) in [4.78, 5) is 111. The summed E-state index contributed by atoms with van der Waals surface area (Å²) in [6.07, 6.45) is 17.4. The van der Waals surface area contributed by atoms with Crippen molar-refractivity contribution in [2.75, 3.05) is 85.5 Å². The topological polar surface area (TPSA) is 598 Å². The van der Waals surface area contributed by atoms with Crippen LogP contribution in [0.4, 0.5) is 46.5 Å². The molecular formula is C79H142N26O12. The molecule has 0 bridgehead atoms. The van der Waals surface area contributed by atoms with Gasteiger partial charge in [0.05, 0.1) is 106 Å². The summed E-state index contributed by atoms with van der Waals surface area (Å²) in [5.74, 6) is -0.749. The summed E-state index contributed by atoms with van der Waals surface area (Å²) in [5, 5.41) is 21.3. The van der Waals surface area contributed by atoms with E-state index < -0.39 is 35.8 Å². The normalized spacial score (nSPS) is 8.14. The third-order valence-electron chi connectivity index (χ3n) is 9.45. The predicted molar refractivity (Wildman–Crippen MR) is 471 cm³/mol. The number of aromatic nitrogens is 18. The fourth-order valence-electron chi connectivity index (χ4n) is 5.47. The first-order valence-electron chi connectivity index (χ1n) is 37.2. The molecule has 9 heterocycles. The van der Waals surface area contributed by atoms with E-state index in [0.29, 0.717) is 74.2 Å². The van der Waals surface area contributed by atoms with Crippen molar-refractivity contribution < 1.29 is 57.2 Å². The summed E-state index contributed by atoms with van der Waals surface area (Å²) in [7, 11) is 0. The van der Waals surface area contributed by atoms with Gasteiger partial charge in [-0.2, -0.15) is 10.2 Å². The maximum atomic E-state index is 11.0. The quantitative estimate of drug-likeness (QED) is 0.0416. The number of anilines is 8. The first kappa shape index (κ1) is 130. The number of hydrogen-bond acceptors (Lipinski definition) is 38. The minimum atomic E-state index is -0.530. The van der Waals surface area contributed by atoms with E-state index in [4.69, 9.17) is 55.3 Å². The van der Waals surface area contributed by atoms with E-state index in [-0.39, 0.29) is 68.6 Å². The largest absolute Gasteiger partial charge is 0.462 e. The SMILES string of the molecule is C.C.C.CC.CC.CC.CC.CC.CC.CC.CC.CC.CCOC(=O)c1cc(N)cnn1.CCOC(=O)c1ccc(N)nn1.CCOC(=O)c1cnc(N)cn1.CCOC(=O)c1cnc(N)nc1.CCOC(=O)c1ncc(N)cn1.CCOC(=O)c1nccc(C)n1.Cc1ccnc(N)n1.Cc1cncc(N)n1.Cc1cnnc(N)c1. The molecule has 9 aromatic rings. The fraction of sp³-hybridized carbons (Fsp3) is 0.468. The highest BCUT2D eigenvalue weighted by atomic mass is 16.6. The molecule has 0 unspecified atom stereocenters. The Morgan fingerprint density at radius 2 is 0.735 bits per heavy atom. The Morgan fingerprint density at radius 3 is 1.10 bits per heavy atom. The summed E-state index contributed by atoms with van der Waals surface area (Å²) >= 11 is 0. The van der Waals surface area contributed by atoms with Gasteiger partial charge in [-0.05, 0) is 111 Å². The van der Waals surface area contributed by atoms with Crippen molar-refractivity contribution in [3.63, 3.8) is 0 Å². The van der Waals surface area contributed by atoms with Gasteiger partial charge in [0.1, 0.15) is 23.3 Å². The number of aryl methyl sites for hydroxylation is 4. The number of nitrogens with zero attached hydrogens (tertiary/aromatic N) is 18. The van der Waals surface area contributed by atoms with Crippen LogP contribution in [0.3, 0.4) is 0 Å². The molecule has 0 atom stereocenters. The van der Waals surface area contributed by atoms with Crippen LogP contribution in [-0.4, -0.2) is 166 Å². The van der Waals surface area contributed by atoms with Gasteiger partial charge < -0.3 is 74.3 Å². The molecule has 117 heavy (non-hydrogen) atoms. The summed E-state index contributed by atoms with van der Waals surface area (Å²) < 4.78 is 28.1. The Hall–Kier alpha value is -13.1. The minimum Gasteiger partial charge on any atom is -0.462 e. The van der Waals surface area contributed by atoms with Crippen LogP contribution in [0.25, 0.3) is 0 Å². The molecule has 660 valence electrons. The lowest BCUT2D eigenvalue weighted by Crippen LogP contribution is -2.09. The smallest absolute Gasteiger partial charge is 0.376 e.